The first-order chi connectivity index (χ1) is 13.7. The molecule has 0 atom stereocenters. The van der Waals surface area contributed by atoms with E-state index in [4.69, 9.17) is 4.74 Å². The first kappa shape index (κ1) is 19.8. The molecule has 7 heteroatoms. The Labute approximate surface area is 165 Å². The average molecular weight is 382 g/mol. The summed E-state index contributed by atoms with van der Waals surface area (Å²) in [6.45, 7) is 4.20. The third-order valence-corrected chi connectivity index (χ3v) is 4.95. The molecule has 7 nitrogen and oxygen atoms in total. The minimum Gasteiger partial charge on any atom is -0.455 e. The number of aromatic nitrogens is 2. The summed E-state index contributed by atoms with van der Waals surface area (Å²) in [5, 5.41) is 0. The molecule has 0 aliphatic carbocycles. The number of benzene rings is 1. The van der Waals surface area contributed by atoms with Crippen molar-refractivity contribution in [1.82, 2.24) is 14.9 Å². The first-order valence-corrected chi connectivity index (χ1v) is 9.67. The van der Waals surface area contributed by atoms with E-state index in [9.17, 15) is 9.59 Å². The predicted molar refractivity (Wildman–Crippen MR) is 105 cm³/mol. The molecule has 0 saturated carbocycles. The van der Waals surface area contributed by atoms with Gasteiger partial charge in [-0.05, 0) is 31.4 Å². The van der Waals surface area contributed by atoms with E-state index in [1.54, 1.807) is 23.4 Å². The van der Waals surface area contributed by atoms with Crippen molar-refractivity contribution in [2.75, 3.05) is 31.1 Å². The molecule has 1 saturated heterocycles. The molecule has 1 aromatic carbocycles. The number of ether oxygens (including phenoxy) is 1. The molecule has 1 amide bonds. The van der Waals surface area contributed by atoms with Gasteiger partial charge in [-0.1, -0.05) is 30.3 Å². The van der Waals surface area contributed by atoms with Crippen molar-refractivity contribution < 1.29 is 14.3 Å². The molecule has 0 spiro atoms. The maximum Gasteiger partial charge on any atom is 0.309 e. The van der Waals surface area contributed by atoms with Crippen LogP contribution in [0.2, 0.25) is 0 Å². The minimum absolute atomic E-state index is 0.171. The molecule has 2 aromatic rings. The zero-order valence-corrected chi connectivity index (χ0v) is 16.2. The Kier molecular flexibility index (Phi) is 6.94. The van der Waals surface area contributed by atoms with Crippen molar-refractivity contribution in [3.05, 3.63) is 54.4 Å². The number of nitrogens with zero attached hydrogens (tertiary/aromatic N) is 4. The summed E-state index contributed by atoms with van der Waals surface area (Å²) in [7, 11) is 0. The molecule has 1 aliphatic rings. The van der Waals surface area contributed by atoms with Crippen LogP contribution < -0.4 is 4.90 Å². The van der Waals surface area contributed by atoms with Gasteiger partial charge in [0.15, 0.2) is 6.61 Å². The summed E-state index contributed by atoms with van der Waals surface area (Å²) in [6.07, 6.45) is 4.77. The highest BCUT2D eigenvalue weighted by Gasteiger charge is 2.28. The maximum atomic E-state index is 12.4. The van der Waals surface area contributed by atoms with E-state index in [1.165, 1.54) is 0 Å². The van der Waals surface area contributed by atoms with Crippen molar-refractivity contribution in [1.29, 1.82) is 0 Å². The maximum absolute atomic E-state index is 12.4. The van der Waals surface area contributed by atoms with E-state index in [0.717, 1.165) is 5.56 Å². The smallest absolute Gasteiger partial charge is 0.309 e. The second kappa shape index (κ2) is 9.82. The Hall–Kier alpha value is -2.96. The number of piperidine rings is 1. The van der Waals surface area contributed by atoms with Crippen molar-refractivity contribution in [2.45, 2.75) is 26.3 Å². The lowest BCUT2D eigenvalue weighted by Gasteiger charge is -2.30. The van der Waals surface area contributed by atoms with Crippen LogP contribution in [0.3, 0.4) is 0 Å². The highest BCUT2D eigenvalue weighted by atomic mass is 16.5. The van der Waals surface area contributed by atoms with Crippen molar-refractivity contribution in [3.63, 3.8) is 0 Å². The number of likely N-dealkylation sites (N-methyl/N-ethyl adjacent to an activating group) is 1. The SMILES string of the molecule is CCN(Cc1ccccc1)C(=O)COC(=O)C1CCN(c2ncccn2)CC1. The fourth-order valence-corrected chi connectivity index (χ4v) is 3.29. The topological polar surface area (TPSA) is 75.6 Å². The molecule has 1 fully saturated rings. The normalized spacial score (nSPS) is 14.5. The number of amides is 1. The quantitative estimate of drug-likeness (QED) is 0.684. The Balaban J connectivity index is 1.44. The van der Waals surface area contributed by atoms with Crippen molar-refractivity contribution in [3.8, 4) is 0 Å². The lowest BCUT2D eigenvalue weighted by molar-refractivity contribution is -0.156. The number of hydrogen-bond acceptors (Lipinski definition) is 6. The van der Waals surface area contributed by atoms with E-state index >= 15 is 0 Å². The standard InChI is InChI=1S/C21H26N4O3/c1-2-24(15-17-7-4-3-5-8-17)19(26)16-28-20(27)18-9-13-25(14-10-18)21-22-11-6-12-23-21/h3-8,11-12,18H,2,9-10,13-16H2,1H3. The molecule has 148 valence electrons. The van der Waals surface area contributed by atoms with Gasteiger partial charge >= 0.3 is 5.97 Å². The lowest BCUT2D eigenvalue weighted by atomic mass is 9.97. The van der Waals surface area contributed by atoms with Gasteiger partial charge in [0.25, 0.3) is 5.91 Å². The second-order valence-corrected chi connectivity index (χ2v) is 6.81. The molecule has 0 unspecified atom stereocenters. The van der Waals surface area contributed by atoms with Gasteiger partial charge in [0, 0.05) is 38.6 Å². The van der Waals surface area contributed by atoms with Gasteiger partial charge in [-0.25, -0.2) is 9.97 Å². The Morgan fingerprint density at radius 2 is 1.79 bits per heavy atom. The van der Waals surface area contributed by atoms with Crippen LogP contribution in [0.5, 0.6) is 0 Å². The molecule has 0 N–H and O–H groups in total. The van der Waals surface area contributed by atoms with E-state index in [-0.39, 0.29) is 24.4 Å². The Morgan fingerprint density at radius 1 is 1.11 bits per heavy atom. The summed E-state index contributed by atoms with van der Waals surface area (Å²) >= 11 is 0. The fraction of sp³-hybridized carbons (Fsp3) is 0.429. The molecular formula is C21H26N4O3. The summed E-state index contributed by atoms with van der Waals surface area (Å²) in [5.74, 6) is 0.0357. The van der Waals surface area contributed by atoms with Crippen LogP contribution in [0.25, 0.3) is 0 Å². The first-order valence-electron chi connectivity index (χ1n) is 9.67. The average Bonchev–Trinajstić information content (AvgIpc) is 2.77. The van der Waals surface area contributed by atoms with Crippen LogP contribution in [-0.2, 0) is 20.9 Å². The Morgan fingerprint density at radius 3 is 2.43 bits per heavy atom. The number of esters is 1. The zero-order chi connectivity index (χ0) is 19.8. The van der Waals surface area contributed by atoms with Gasteiger partial charge in [-0.2, -0.15) is 0 Å². The molecule has 1 aliphatic heterocycles. The molecule has 0 bridgehead atoms. The van der Waals surface area contributed by atoms with E-state index in [2.05, 4.69) is 14.9 Å². The third kappa shape index (κ3) is 5.28. The number of carbonyl (C=O) groups excluding carboxylic acids is 2. The van der Waals surface area contributed by atoms with Crippen LogP contribution >= 0.6 is 0 Å². The number of rotatable bonds is 7. The molecule has 28 heavy (non-hydrogen) atoms. The van der Waals surface area contributed by atoms with Gasteiger partial charge in [0.05, 0.1) is 5.92 Å². The Bertz CT molecular complexity index is 762. The van der Waals surface area contributed by atoms with E-state index in [0.29, 0.717) is 45.0 Å². The van der Waals surface area contributed by atoms with Crippen molar-refractivity contribution >= 4 is 17.8 Å². The van der Waals surface area contributed by atoms with Crippen LogP contribution in [0.1, 0.15) is 25.3 Å². The van der Waals surface area contributed by atoms with Crippen LogP contribution in [-0.4, -0.2) is 53.0 Å². The summed E-state index contributed by atoms with van der Waals surface area (Å²) in [6, 6.07) is 11.6. The van der Waals surface area contributed by atoms with Crippen LogP contribution in [0.15, 0.2) is 48.8 Å². The molecule has 1 aromatic heterocycles. The fourth-order valence-electron chi connectivity index (χ4n) is 3.29. The zero-order valence-electron chi connectivity index (χ0n) is 16.2. The highest BCUT2D eigenvalue weighted by molar-refractivity contribution is 5.81. The van der Waals surface area contributed by atoms with Gasteiger partial charge in [0.2, 0.25) is 5.95 Å². The monoisotopic (exact) mass is 382 g/mol. The summed E-state index contributed by atoms with van der Waals surface area (Å²) in [5.41, 5.74) is 1.06. The second-order valence-electron chi connectivity index (χ2n) is 6.81. The number of anilines is 1. The third-order valence-electron chi connectivity index (χ3n) is 4.95. The molecule has 0 radical (unpaired) electrons. The largest absolute Gasteiger partial charge is 0.455 e. The molecular weight excluding hydrogens is 356 g/mol. The highest BCUT2D eigenvalue weighted by Crippen LogP contribution is 2.21. The number of hydrogen-bond donors (Lipinski definition) is 0. The van der Waals surface area contributed by atoms with Crippen LogP contribution in [0.4, 0.5) is 5.95 Å². The van der Waals surface area contributed by atoms with Gasteiger partial charge in [-0.15, -0.1) is 0 Å². The lowest BCUT2D eigenvalue weighted by Crippen LogP contribution is -2.39. The van der Waals surface area contributed by atoms with E-state index < -0.39 is 0 Å². The van der Waals surface area contributed by atoms with Gasteiger partial charge < -0.3 is 14.5 Å². The summed E-state index contributed by atoms with van der Waals surface area (Å²) < 4.78 is 5.32. The van der Waals surface area contributed by atoms with Crippen LogP contribution in [0, 0.1) is 5.92 Å². The number of carbonyl (C=O) groups is 2. The van der Waals surface area contributed by atoms with E-state index in [1.807, 2.05) is 37.3 Å². The van der Waals surface area contributed by atoms with Crippen molar-refractivity contribution in [2.24, 2.45) is 5.92 Å². The molecule has 3 rings (SSSR count). The predicted octanol–water partition coefficient (Wildman–Crippen LogP) is 2.28. The van der Waals surface area contributed by atoms with Gasteiger partial charge in [0.1, 0.15) is 0 Å². The summed E-state index contributed by atoms with van der Waals surface area (Å²) in [4.78, 5) is 37.0. The minimum atomic E-state index is -0.294. The van der Waals surface area contributed by atoms with Gasteiger partial charge in [-0.3, -0.25) is 9.59 Å². The molecule has 2 heterocycles.